The summed E-state index contributed by atoms with van der Waals surface area (Å²) in [6, 6.07) is 0. The van der Waals surface area contributed by atoms with Crippen molar-refractivity contribution in [2.24, 2.45) is 0 Å². The lowest BCUT2D eigenvalue weighted by atomic mass is 10.1. The second kappa shape index (κ2) is 5.43. The molecule has 1 unspecified atom stereocenters. The Balaban J connectivity index is 2.25. The lowest BCUT2D eigenvalue weighted by Gasteiger charge is -2.04. The van der Waals surface area contributed by atoms with Crippen LogP contribution in [0.25, 0.3) is 0 Å². The van der Waals surface area contributed by atoms with Crippen molar-refractivity contribution in [3.63, 3.8) is 0 Å². The van der Waals surface area contributed by atoms with E-state index >= 15 is 0 Å². The standard InChI is InChI=1S/C12H22Si/c1-4-5-6-7-8-12-9-10-13(3)11(12)2/h9-10,13H,4-8H2,1-3H3. The first kappa shape index (κ1) is 10.8. The lowest BCUT2D eigenvalue weighted by Crippen LogP contribution is -2.02. The molecule has 0 spiro atoms. The molecule has 1 aliphatic heterocycles. The minimum absolute atomic E-state index is 0.561. The molecule has 0 saturated heterocycles. The van der Waals surface area contributed by atoms with E-state index < -0.39 is 8.80 Å². The SMILES string of the molecule is CCCCCCC1=C(C)[SiH](C)C=C1. The van der Waals surface area contributed by atoms with Crippen LogP contribution in [0.3, 0.4) is 0 Å². The topological polar surface area (TPSA) is 0 Å². The van der Waals surface area contributed by atoms with Crippen LogP contribution in [0.1, 0.15) is 46.0 Å². The number of allylic oxidation sites excluding steroid dienone is 3. The molecule has 0 radical (unpaired) electrons. The van der Waals surface area contributed by atoms with E-state index in [2.05, 4.69) is 32.2 Å². The van der Waals surface area contributed by atoms with E-state index in [9.17, 15) is 0 Å². The molecule has 1 heteroatoms. The van der Waals surface area contributed by atoms with E-state index in [1.807, 2.05) is 0 Å². The van der Waals surface area contributed by atoms with Gasteiger partial charge >= 0.3 is 0 Å². The molecule has 0 aliphatic carbocycles. The highest BCUT2D eigenvalue weighted by atomic mass is 28.3. The number of hydrogen-bond acceptors (Lipinski definition) is 0. The molecule has 0 saturated carbocycles. The zero-order valence-electron chi connectivity index (χ0n) is 9.27. The number of rotatable bonds is 5. The van der Waals surface area contributed by atoms with Gasteiger partial charge in [0.25, 0.3) is 0 Å². The first-order valence-electron chi connectivity index (χ1n) is 5.63. The average molecular weight is 194 g/mol. The smallest absolute Gasteiger partial charge is 0.0859 e. The first-order valence-corrected chi connectivity index (χ1v) is 8.03. The van der Waals surface area contributed by atoms with E-state index in [1.54, 1.807) is 10.8 Å². The van der Waals surface area contributed by atoms with Crippen molar-refractivity contribution >= 4 is 8.80 Å². The summed E-state index contributed by atoms with van der Waals surface area (Å²) in [5, 5.41) is 1.73. The Labute approximate surface area is 84.3 Å². The van der Waals surface area contributed by atoms with Gasteiger partial charge in [0, 0.05) is 0 Å². The summed E-state index contributed by atoms with van der Waals surface area (Å²) in [6.45, 7) is 7.03. The van der Waals surface area contributed by atoms with Gasteiger partial charge in [0.2, 0.25) is 0 Å². The van der Waals surface area contributed by atoms with Crippen molar-refractivity contribution in [1.29, 1.82) is 0 Å². The van der Waals surface area contributed by atoms with E-state index in [0.717, 1.165) is 0 Å². The summed E-state index contributed by atoms with van der Waals surface area (Å²) >= 11 is 0. The van der Waals surface area contributed by atoms with Gasteiger partial charge in [-0.05, 0) is 19.8 Å². The third-order valence-electron chi connectivity index (χ3n) is 3.08. The lowest BCUT2D eigenvalue weighted by molar-refractivity contribution is 0.667. The molecule has 0 aromatic heterocycles. The van der Waals surface area contributed by atoms with Crippen LogP contribution in [0, 0.1) is 0 Å². The van der Waals surface area contributed by atoms with Crippen LogP contribution in [0.4, 0.5) is 0 Å². The Bertz CT molecular complexity index is 213. The van der Waals surface area contributed by atoms with Crippen molar-refractivity contribution in [2.75, 3.05) is 0 Å². The van der Waals surface area contributed by atoms with E-state index in [-0.39, 0.29) is 0 Å². The van der Waals surface area contributed by atoms with Gasteiger partial charge in [-0.2, -0.15) is 0 Å². The molecule has 1 heterocycles. The van der Waals surface area contributed by atoms with Gasteiger partial charge < -0.3 is 0 Å². The van der Waals surface area contributed by atoms with Gasteiger partial charge in [0.05, 0.1) is 8.80 Å². The number of hydrogen-bond donors (Lipinski definition) is 0. The molecular formula is C12H22Si. The fourth-order valence-electron chi connectivity index (χ4n) is 1.85. The Kier molecular flexibility index (Phi) is 4.50. The van der Waals surface area contributed by atoms with Crippen molar-refractivity contribution < 1.29 is 0 Å². The highest BCUT2D eigenvalue weighted by Crippen LogP contribution is 2.22. The van der Waals surface area contributed by atoms with Gasteiger partial charge in [-0.15, -0.1) is 0 Å². The molecule has 1 rings (SSSR count). The Hall–Kier alpha value is -0.303. The quantitative estimate of drug-likeness (QED) is 0.461. The van der Waals surface area contributed by atoms with Crippen LogP contribution in [0.5, 0.6) is 0 Å². The maximum absolute atomic E-state index is 2.46. The second-order valence-corrected chi connectivity index (χ2v) is 6.99. The molecular weight excluding hydrogens is 172 g/mol. The Morgan fingerprint density at radius 3 is 2.54 bits per heavy atom. The van der Waals surface area contributed by atoms with Crippen molar-refractivity contribution in [3.05, 3.63) is 22.5 Å². The molecule has 74 valence electrons. The van der Waals surface area contributed by atoms with Crippen molar-refractivity contribution in [3.8, 4) is 0 Å². The molecule has 1 aliphatic rings. The van der Waals surface area contributed by atoms with Crippen LogP contribution in [0.2, 0.25) is 6.55 Å². The Morgan fingerprint density at radius 2 is 2.00 bits per heavy atom. The summed E-state index contributed by atoms with van der Waals surface area (Å²) in [5.74, 6) is 0. The molecule has 0 amide bonds. The van der Waals surface area contributed by atoms with Crippen LogP contribution in [0.15, 0.2) is 22.5 Å². The van der Waals surface area contributed by atoms with Gasteiger partial charge in [0.1, 0.15) is 0 Å². The summed E-state index contributed by atoms with van der Waals surface area (Å²) in [5.41, 5.74) is 4.13. The third-order valence-corrected chi connectivity index (χ3v) is 5.58. The maximum Gasteiger partial charge on any atom is 0.0859 e. The summed E-state index contributed by atoms with van der Waals surface area (Å²) < 4.78 is 0. The predicted octanol–water partition coefficient (Wildman–Crippen LogP) is 3.78. The number of unbranched alkanes of at least 4 members (excludes halogenated alkanes) is 3. The summed E-state index contributed by atoms with van der Waals surface area (Å²) in [7, 11) is -0.561. The van der Waals surface area contributed by atoms with E-state index in [0.29, 0.717) is 0 Å². The zero-order valence-corrected chi connectivity index (χ0v) is 10.4. The fraction of sp³-hybridized carbons (Fsp3) is 0.667. The summed E-state index contributed by atoms with van der Waals surface area (Å²) in [6.07, 6.45) is 9.28. The van der Waals surface area contributed by atoms with Crippen molar-refractivity contribution in [1.82, 2.24) is 0 Å². The molecule has 0 aromatic rings. The Morgan fingerprint density at radius 1 is 1.23 bits per heavy atom. The molecule has 0 aromatic carbocycles. The van der Waals surface area contributed by atoms with Crippen LogP contribution < -0.4 is 0 Å². The molecule has 0 bridgehead atoms. The highest BCUT2D eigenvalue weighted by Gasteiger charge is 2.12. The van der Waals surface area contributed by atoms with Crippen LogP contribution >= 0.6 is 0 Å². The monoisotopic (exact) mass is 194 g/mol. The third kappa shape index (κ3) is 3.15. The second-order valence-electron chi connectivity index (χ2n) is 4.17. The van der Waals surface area contributed by atoms with Gasteiger partial charge in [-0.3, -0.25) is 0 Å². The maximum atomic E-state index is 2.46. The molecule has 1 atom stereocenters. The molecule has 13 heavy (non-hydrogen) atoms. The largest absolute Gasteiger partial charge is 0.0932 e. The van der Waals surface area contributed by atoms with Crippen LogP contribution in [-0.2, 0) is 0 Å². The minimum atomic E-state index is -0.561. The van der Waals surface area contributed by atoms with Gasteiger partial charge in [-0.25, -0.2) is 0 Å². The van der Waals surface area contributed by atoms with Gasteiger partial charge in [-0.1, -0.05) is 55.3 Å². The van der Waals surface area contributed by atoms with Crippen molar-refractivity contribution in [2.45, 2.75) is 52.5 Å². The normalized spacial score (nSPS) is 21.6. The molecule has 0 N–H and O–H groups in total. The predicted molar refractivity (Wildman–Crippen MR) is 63.6 cm³/mol. The first-order chi connectivity index (χ1) is 6.25. The van der Waals surface area contributed by atoms with Gasteiger partial charge in [0.15, 0.2) is 0 Å². The zero-order chi connectivity index (χ0) is 9.68. The van der Waals surface area contributed by atoms with Crippen LogP contribution in [-0.4, -0.2) is 8.80 Å². The average Bonchev–Trinajstić information content (AvgIpc) is 2.43. The summed E-state index contributed by atoms with van der Waals surface area (Å²) in [4.78, 5) is 0. The van der Waals surface area contributed by atoms with E-state index in [4.69, 9.17) is 0 Å². The highest BCUT2D eigenvalue weighted by molar-refractivity contribution is 6.71. The minimum Gasteiger partial charge on any atom is -0.0932 e. The fourth-order valence-corrected chi connectivity index (χ4v) is 3.49. The molecule has 0 fully saturated rings. The molecule has 0 nitrogen and oxygen atoms in total. The van der Waals surface area contributed by atoms with E-state index in [1.165, 1.54) is 32.1 Å².